The Balaban J connectivity index is 1.75. The molecule has 4 rings (SSSR count). The number of aromatic nitrogens is 4. The first-order valence-electron chi connectivity index (χ1n) is 10.1. The zero-order chi connectivity index (χ0) is 22.0. The topological polar surface area (TPSA) is 128 Å². The van der Waals surface area contributed by atoms with Crippen molar-refractivity contribution in [2.45, 2.75) is 38.4 Å². The molecule has 9 heteroatoms. The number of nitrogens with one attached hydrogen (secondary N) is 1. The molecule has 3 aromatic rings. The molecule has 0 spiro atoms. The number of aliphatic hydroxyl groups excluding tert-OH is 1. The second-order valence-electron chi connectivity index (χ2n) is 7.51. The number of carboxylic acids is 1. The summed E-state index contributed by atoms with van der Waals surface area (Å²) in [5.41, 5.74) is 2.23. The van der Waals surface area contributed by atoms with Crippen LogP contribution in [0.2, 0.25) is 0 Å². The minimum absolute atomic E-state index is 0.342. The van der Waals surface area contributed by atoms with Gasteiger partial charge in [0.25, 0.3) is 0 Å². The maximum absolute atomic E-state index is 12.3. The van der Waals surface area contributed by atoms with Crippen molar-refractivity contribution < 1.29 is 15.0 Å². The Morgan fingerprint density at radius 3 is 2.45 bits per heavy atom. The number of benzene rings is 2. The smallest absolute Gasteiger partial charge is 0.338 e. The number of carbonyl (C=O) groups is 1. The number of H-pyrrole nitrogens is 1. The van der Waals surface area contributed by atoms with Gasteiger partial charge in [0.05, 0.1) is 12.3 Å². The minimum Gasteiger partial charge on any atom is -0.479 e. The summed E-state index contributed by atoms with van der Waals surface area (Å²) in [6.45, 7) is 3.14. The van der Waals surface area contributed by atoms with Gasteiger partial charge in [-0.1, -0.05) is 49.7 Å². The van der Waals surface area contributed by atoms with Crippen molar-refractivity contribution in [3.8, 4) is 22.5 Å². The van der Waals surface area contributed by atoms with E-state index in [4.69, 9.17) is 0 Å². The standard InChI is InChI=1S/C22H24N6O3/c1-3-6-19-23-14(2)22(13-29,21(30)31)28(19)16-11-9-15(10-12-16)17-7-4-5-8-18(17)20-24-26-27-25-20/h4-5,7-12,19,29H,3,6,13H2,1-2H3,(H,30,31)(H,24,25,26,27). The monoisotopic (exact) mass is 420 g/mol. The maximum atomic E-state index is 12.3. The Bertz CT molecular complexity index is 1100. The van der Waals surface area contributed by atoms with E-state index in [1.54, 1.807) is 11.8 Å². The fraction of sp³-hybridized carbons (Fsp3) is 0.318. The number of tetrazole rings is 1. The molecule has 1 aromatic heterocycles. The molecule has 160 valence electrons. The molecule has 0 fully saturated rings. The summed E-state index contributed by atoms with van der Waals surface area (Å²) < 4.78 is 0. The number of anilines is 1. The lowest BCUT2D eigenvalue weighted by Crippen LogP contribution is -2.61. The van der Waals surface area contributed by atoms with Crippen molar-refractivity contribution in [3.63, 3.8) is 0 Å². The minimum atomic E-state index is -1.57. The highest BCUT2D eigenvalue weighted by atomic mass is 16.4. The highest BCUT2D eigenvalue weighted by Crippen LogP contribution is 2.38. The first-order chi connectivity index (χ1) is 15.0. The van der Waals surface area contributed by atoms with Crippen LogP contribution < -0.4 is 4.90 Å². The van der Waals surface area contributed by atoms with E-state index >= 15 is 0 Å². The van der Waals surface area contributed by atoms with Gasteiger partial charge < -0.3 is 15.1 Å². The normalized spacial score (nSPS) is 20.7. The summed E-state index contributed by atoms with van der Waals surface area (Å²) in [6.07, 6.45) is 1.19. The first-order valence-corrected chi connectivity index (χ1v) is 10.1. The molecule has 2 heterocycles. The van der Waals surface area contributed by atoms with E-state index in [0.29, 0.717) is 23.6 Å². The van der Waals surface area contributed by atoms with Crippen molar-refractivity contribution >= 4 is 17.4 Å². The fourth-order valence-electron chi connectivity index (χ4n) is 4.18. The van der Waals surface area contributed by atoms with Gasteiger partial charge in [0.15, 0.2) is 0 Å². The second-order valence-corrected chi connectivity index (χ2v) is 7.51. The highest BCUT2D eigenvalue weighted by Gasteiger charge is 2.53. The number of rotatable bonds is 7. The Kier molecular flexibility index (Phi) is 5.51. The third-order valence-corrected chi connectivity index (χ3v) is 5.75. The van der Waals surface area contributed by atoms with Gasteiger partial charge in [-0.25, -0.2) is 4.79 Å². The van der Waals surface area contributed by atoms with Crippen molar-refractivity contribution in [1.29, 1.82) is 0 Å². The molecule has 0 amide bonds. The van der Waals surface area contributed by atoms with Crippen molar-refractivity contribution in [2.75, 3.05) is 11.5 Å². The molecule has 31 heavy (non-hydrogen) atoms. The average Bonchev–Trinajstić information content (AvgIpc) is 3.41. The molecule has 0 saturated carbocycles. The van der Waals surface area contributed by atoms with Crippen LogP contribution >= 0.6 is 0 Å². The van der Waals surface area contributed by atoms with Gasteiger partial charge in [0.2, 0.25) is 11.4 Å². The Hall–Kier alpha value is -3.59. The third-order valence-electron chi connectivity index (χ3n) is 5.75. The van der Waals surface area contributed by atoms with Gasteiger partial charge in [-0.2, -0.15) is 5.21 Å². The SMILES string of the molecule is CCCC1N=C(C)C(CO)(C(=O)O)N1c1ccc(-c2ccccc2-c2nn[nH]n2)cc1. The summed E-state index contributed by atoms with van der Waals surface area (Å²) in [4.78, 5) is 18.6. The van der Waals surface area contributed by atoms with E-state index in [9.17, 15) is 15.0 Å². The van der Waals surface area contributed by atoms with Crippen LogP contribution in [0.3, 0.4) is 0 Å². The molecule has 0 aliphatic carbocycles. The predicted molar refractivity (Wildman–Crippen MR) is 117 cm³/mol. The molecule has 0 saturated heterocycles. The van der Waals surface area contributed by atoms with Crippen LogP contribution in [0.4, 0.5) is 5.69 Å². The van der Waals surface area contributed by atoms with Crippen molar-refractivity contribution in [3.05, 3.63) is 48.5 Å². The van der Waals surface area contributed by atoms with Crippen LogP contribution in [-0.2, 0) is 4.79 Å². The van der Waals surface area contributed by atoms with Crippen molar-refractivity contribution in [2.24, 2.45) is 4.99 Å². The summed E-state index contributed by atoms with van der Waals surface area (Å²) >= 11 is 0. The predicted octanol–water partition coefficient (Wildman–Crippen LogP) is 2.76. The zero-order valence-corrected chi connectivity index (χ0v) is 17.4. The highest BCUT2D eigenvalue weighted by molar-refractivity contribution is 6.14. The Morgan fingerprint density at radius 1 is 1.16 bits per heavy atom. The molecule has 2 aromatic carbocycles. The average molecular weight is 420 g/mol. The van der Waals surface area contributed by atoms with E-state index in [1.807, 2.05) is 55.5 Å². The van der Waals surface area contributed by atoms with Crippen LogP contribution in [0, 0.1) is 0 Å². The number of hydrogen-bond donors (Lipinski definition) is 3. The number of aliphatic hydroxyl groups is 1. The first kappa shape index (κ1) is 20.7. The molecule has 2 atom stereocenters. The van der Waals surface area contributed by atoms with Crippen LogP contribution in [0.1, 0.15) is 26.7 Å². The van der Waals surface area contributed by atoms with E-state index in [0.717, 1.165) is 23.1 Å². The van der Waals surface area contributed by atoms with Crippen molar-refractivity contribution in [1.82, 2.24) is 20.6 Å². The Morgan fingerprint density at radius 2 is 1.87 bits per heavy atom. The summed E-state index contributed by atoms with van der Waals surface area (Å²) in [5.74, 6) is -0.613. The zero-order valence-electron chi connectivity index (χ0n) is 17.4. The molecule has 9 nitrogen and oxygen atoms in total. The van der Waals surface area contributed by atoms with Gasteiger partial charge >= 0.3 is 5.97 Å². The molecule has 1 aliphatic rings. The molecule has 3 N–H and O–H groups in total. The summed E-state index contributed by atoms with van der Waals surface area (Å²) in [6, 6.07) is 15.3. The van der Waals surface area contributed by atoms with Crippen LogP contribution in [0.15, 0.2) is 53.5 Å². The quantitative estimate of drug-likeness (QED) is 0.536. The molecular formula is C22H24N6O3. The van der Waals surface area contributed by atoms with Gasteiger partial charge in [0.1, 0.15) is 6.17 Å². The van der Waals surface area contributed by atoms with Crippen LogP contribution in [-0.4, -0.2) is 60.8 Å². The Labute approximate surface area is 179 Å². The number of hydrogen-bond acceptors (Lipinski definition) is 7. The van der Waals surface area contributed by atoms with Gasteiger partial charge in [-0.15, -0.1) is 10.2 Å². The van der Waals surface area contributed by atoms with Gasteiger partial charge in [0, 0.05) is 11.3 Å². The number of carboxylic acid groups (broad SMARTS) is 1. The number of aliphatic imine (C=N–C) groups is 1. The second kappa shape index (κ2) is 8.27. The van der Waals surface area contributed by atoms with E-state index in [-0.39, 0.29) is 6.17 Å². The molecule has 2 unspecified atom stereocenters. The lowest BCUT2D eigenvalue weighted by Gasteiger charge is -2.38. The maximum Gasteiger partial charge on any atom is 0.338 e. The summed E-state index contributed by atoms with van der Waals surface area (Å²) in [7, 11) is 0. The van der Waals surface area contributed by atoms with Gasteiger partial charge in [-0.3, -0.25) is 4.99 Å². The largest absolute Gasteiger partial charge is 0.479 e. The molecular weight excluding hydrogens is 396 g/mol. The summed E-state index contributed by atoms with van der Waals surface area (Å²) in [5, 5.41) is 34.4. The fourth-order valence-corrected chi connectivity index (χ4v) is 4.18. The van der Waals surface area contributed by atoms with E-state index in [1.165, 1.54) is 0 Å². The van der Waals surface area contributed by atoms with Gasteiger partial charge in [-0.05, 0) is 41.8 Å². The number of aliphatic carboxylic acids is 1. The lowest BCUT2D eigenvalue weighted by molar-refractivity contribution is -0.141. The molecule has 0 bridgehead atoms. The third kappa shape index (κ3) is 3.36. The van der Waals surface area contributed by atoms with E-state index < -0.39 is 18.1 Å². The number of nitrogens with zero attached hydrogens (tertiary/aromatic N) is 5. The number of aromatic amines is 1. The van der Waals surface area contributed by atoms with Crippen LogP contribution in [0.5, 0.6) is 0 Å². The van der Waals surface area contributed by atoms with Crippen LogP contribution in [0.25, 0.3) is 22.5 Å². The van der Waals surface area contributed by atoms with E-state index in [2.05, 4.69) is 25.6 Å². The molecule has 1 aliphatic heterocycles. The lowest BCUT2D eigenvalue weighted by atomic mass is 9.92. The molecule has 0 radical (unpaired) electrons.